The third-order valence-electron chi connectivity index (χ3n) is 7.38. The number of amides is 3. The van der Waals surface area contributed by atoms with Crippen LogP contribution in [-0.4, -0.2) is 29.2 Å². The van der Waals surface area contributed by atoms with Crippen LogP contribution in [0.5, 0.6) is 0 Å². The Balaban J connectivity index is 1.15. The summed E-state index contributed by atoms with van der Waals surface area (Å²) in [5.41, 5.74) is 0.753. The highest BCUT2D eigenvalue weighted by Gasteiger charge is 2.66. The monoisotopic (exact) mass is 386 g/mol. The zero-order chi connectivity index (χ0) is 19.7. The highest BCUT2D eigenvalue weighted by Crippen LogP contribution is 2.65. The largest absolute Gasteiger partial charge is 0.325 e. The first-order valence-electron chi connectivity index (χ1n) is 10.4. The van der Waals surface area contributed by atoms with Crippen LogP contribution in [0.2, 0.25) is 0 Å². The van der Waals surface area contributed by atoms with Gasteiger partial charge in [-0.2, -0.15) is 0 Å². The molecule has 6 atom stereocenters. The summed E-state index contributed by atoms with van der Waals surface area (Å²) in [6.07, 6.45) is 5.61. The molecule has 1 heterocycles. The highest BCUT2D eigenvalue weighted by atomic mass is 16.2. The summed E-state index contributed by atoms with van der Waals surface area (Å²) in [4.78, 5) is 39.9. The number of rotatable bonds is 4. The van der Waals surface area contributed by atoms with Crippen molar-refractivity contribution in [2.75, 3.05) is 11.9 Å². The Morgan fingerprint density at radius 3 is 2.31 bits per heavy atom. The van der Waals surface area contributed by atoms with Crippen LogP contribution in [0.15, 0.2) is 54.6 Å². The fourth-order valence-electron chi connectivity index (χ4n) is 6.00. The maximum absolute atomic E-state index is 13.0. The number of anilines is 1. The van der Waals surface area contributed by atoms with Crippen molar-refractivity contribution in [3.8, 4) is 0 Å². The predicted octanol–water partition coefficient (Wildman–Crippen LogP) is 3.22. The quantitative estimate of drug-likeness (QED) is 0.648. The number of carbonyl (C=O) groups excluding carboxylic acids is 3. The molecule has 4 aliphatic carbocycles. The number of fused-ring (bicyclic) bond motifs is 1. The first-order chi connectivity index (χ1) is 14.1. The summed E-state index contributed by atoms with van der Waals surface area (Å²) in [7, 11) is 0. The van der Waals surface area contributed by atoms with Crippen LogP contribution in [0.4, 0.5) is 5.69 Å². The fraction of sp³-hybridized carbons (Fsp3) is 0.375. The second kappa shape index (κ2) is 6.02. The van der Waals surface area contributed by atoms with Crippen molar-refractivity contribution in [2.24, 2.45) is 35.5 Å². The molecule has 2 saturated carbocycles. The van der Waals surface area contributed by atoms with E-state index in [2.05, 4.69) is 17.5 Å². The van der Waals surface area contributed by atoms with Crippen LogP contribution < -0.4 is 5.32 Å². The Bertz CT molecular complexity index is 1050. The van der Waals surface area contributed by atoms with Gasteiger partial charge in [-0.1, -0.05) is 48.6 Å². The minimum absolute atomic E-state index is 0.0670. The van der Waals surface area contributed by atoms with Gasteiger partial charge in [0.1, 0.15) is 0 Å². The molecule has 0 spiro atoms. The summed E-state index contributed by atoms with van der Waals surface area (Å²) in [6, 6.07) is 13.7. The van der Waals surface area contributed by atoms with Gasteiger partial charge in [-0.25, -0.2) is 0 Å². The lowest BCUT2D eigenvalue weighted by Gasteiger charge is -2.37. The van der Waals surface area contributed by atoms with Crippen molar-refractivity contribution >= 4 is 34.2 Å². The minimum atomic E-state index is -0.192. The molecule has 2 aromatic carbocycles. The van der Waals surface area contributed by atoms with Gasteiger partial charge < -0.3 is 5.32 Å². The smallest absolute Gasteiger partial charge is 0.233 e. The third-order valence-corrected chi connectivity index (χ3v) is 7.38. The van der Waals surface area contributed by atoms with Gasteiger partial charge in [0.15, 0.2) is 0 Å². The lowest BCUT2D eigenvalue weighted by molar-refractivity contribution is -0.140. The van der Waals surface area contributed by atoms with Gasteiger partial charge in [-0.15, -0.1) is 0 Å². The summed E-state index contributed by atoms with van der Waals surface area (Å²) in [5.74, 6) is 0.938. The van der Waals surface area contributed by atoms with Crippen LogP contribution in [0, 0.1) is 35.5 Å². The molecule has 1 N–H and O–H groups in total. The van der Waals surface area contributed by atoms with Gasteiger partial charge in [0.05, 0.1) is 11.8 Å². The second-order valence-corrected chi connectivity index (χ2v) is 8.81. The van der Waals surface area contributed by atoms with Crippen molar-refractivity contribution in [1.82, 2.24) is 4.90 Å². The van der Waals surface area contributed by atoms with E-state index < -0.39 is 0 Å². The number of nitrogens with zero attached hydrogens (tertiary/aromatic N) is 1. The predicted molar refractivity (Wildman–Crippen MR) is 109 cm³/mol. The van der Waals surface area contributed by atoms with E-state index in [1.807, 2.05) is 42.5 Å². The van der Waals surface area contributed by atoms with Crippen LogP contribution >= 0.6 is 0 Å². The third kappa shape index (κ3) is 2.43. The molecule has 0 radical (unpaired) electrons. The minimum Gasteiger partial charge on any atom is -0.325 e. The van der Waals surface area contributed by atoms with Crippen LogP contribution in [0.3, 0.4) is 0 Å². The van der Waals surface area contributed by atoms with Crippen molar-refractivity contribution < 1.29 is 14.4 Å². The Morgan fingerprint density at radius 1 is 0.931 bits per heavy atom. The van der Waals surface area contributed by atoms with E-state index in [-0.39, 0.29) is 54.4 Å². The zero-order valence-corrected chi connectivity index (χ0v) is 16.0. The molecular weight excluding hydrogens is 364 g/mol. The number of likely N-dealkylation sites (tertiary alicyclic amines) is 1. The van der Waals surface area contributed by atoms with Crippen molar-refractivity contribution in [2.45, 2.75) is 12.8 Å². The summed E-state index contributed by atoms with van der Waals surface area (Å²) in [5, 5.41) is 4.98. The number of benzene rings is 2. The molecule has 29 heavy (non-hydrogen) atoms. The topological polar surface area (TPSA) is 66.5 Å². The molecule has 0 unspecified atom stereocenters. The van der Waals surface area contributed by atoms with Gasteiger partial charge in [0, 0.05) is 24.0 Å². The van der Waals surface area contributed by atoms with E-state index >= 15 is 0 Å². The number of carbonyl (C=O) groups is 3. The van der Waals surface area contributed by atoms with Gasteiger partial charge >= 0.3 is 0 Å². The average Bonchev–Trinajstić information content (AvgIpc) is 3.52. The van der Waals surface area contributed by atoms with E-state index in [1.54, 1.807) is 0 Å². The SMILES string of the molecule is O=C(CCN1C(=O)[C@@H]2[C@H]3C=C[C@@H]([C@@H]4C[C@@H]34)[C@H]2C1=O)Nc1cccc2ccccc12. The first kappa shape index (κ1) is 17.0. The maximum atomic E-state index is 13.0. The van der Waals surface area contributed by atoms with Crippen LogP contribution in [0.1, 0.15) is 12.8 Å². The molecule has 3 fully saturated rings. The Kier molecular flexibility index (Phi) is 3.52. The van der Waals surface area contributed by atoms with Gasteiger partial charge in [0.25, 0.3) is 0 Å². The van der Waals surface area contributed by atoms with Crippen LogP contribution in [0.25, 0.3) is 10.8 Å². The second-order valence-electron chi connectivity index (χ2n) is 8.81. The molecule has 5 heteroatoms. The zero-order valence-electron chi connectivity index (χ0n) is 16.0. The lowest BCUT2D eigenvalue weighted by atomic mass is 9.63. The summed E-state index contributed by atoms with van der Waals surface area (Å²) >= 11 is 0. The first-order valence-corrected chi connectivity index (χ1v) is 10.4. The molecular formula is C24H22N2O3. The van der Waals surface area contributed by atoms with E-state index in [9.17, 15) is 14.4 Å². The van der Waals surface area contributed by atoms with Gasteiger partial charge in [-0.3, -0.25) is 19.3 Å². The normalized spacial score (nSPS) is 33.7. The van der Waals surface area contributed by atoms with Crippen molar-refractivity contribution in [1.29, 1.82) is 0 Å². The maximum Gasteiger partial charge on any atom is 0.233 e. The number of allylic oxidation sites excluding steroid dienone is 2. The van der Waals surface area contributed by atoms with Crippen molar-refractivity contribution in [3.63, 3.8) is 0 Å². The Labute approximate surface area is 168 Å². The van der Waals surface area contributed by atoms with Gasteiger partial charge in [0.2, 0.25) is 17.7 Å². The Hall–Kier alpha value is -2.95. The van der Waals surface area contributed by atoms with E-state index in [1.165, 1.54) is 4.90 Å². The van der Waals surface area contributed by atoms with E-state index in [0.29, 0.717) is 11.8 Å². The van der Waals surface area contributed by atoms with Crippen molar-refractivity contribution in [3.05, 3.63) is 54.6 Å². The molecule has 1 aliphatic heterocycles. The number of hydrogen-bond donors (Lipinski definition) is 1. The fourth-order valence-corrected chi connectivity index (χ4v) is 6.00. The van der Waals surface area contributed by atoms with Crippen LogP contribution in [-0.2, 0) is 14.4 Å². The number of imide groups is 1. The molecule has 7 rings (SSSR count). The number of nitrogens with one attached hydrogen (secondary N) is 1. The molecule has 2 aromatic rings. The van der Waals surface area contributed by atoms with E-state index in [0.717, 1.165) is 22.9 Å². The molecule has 3 amide bonds. The molecule has 0 aromatic heterocycles. The summed E-state index contributed by atoms with van der Waals surface area (Å²) < 4.78 is 0. The molecule has 5 nitrogen and oxygen atoms in total. The molecule has 1 saturated heterocycles. The average molecular weight is 386 g/mol. The lowest BCUT2D eigenvalue weighted by Crippen LogP contribution is -2.40. The molecule has 5 aliphatic rings. The molecule has 2 bridgehead atoms. The number of hydrogen-bond acceptors (Lipinski definition) is 3. The Morgan fingerprint density at radius 2 is 1.59 bits per heavy atom. The summed E-state index contributed by atoms with van der Waals surface area (Å²) in [6.45, 7) is 0.163. The highest BCUT2D eigenvalue weighted by molar-refractivity contribution is 6.07. The molecule has 146 valence electrons. The van der Waals surface area contributed by atoms with E-state index in [4.69, 9.17) is 0 Å². The van der Waals surface area contributed by atoms with Gasteiger partial charge in [-0.05, 0) is 41.5 Å². The standard InChI is InChI=1S/C24H22N2O3/c27-20(25-19-7-3-5-13-4-1-2-6-14(13)19)10-11-26-23(28)21-15-8-9-16(18-12-17(15)18)22(21)24(26)29/h1-9,15-18,21-22H,10-12H2,(H,25,27)/t15-,16-,17-,18-,21+,22+/m0/s1.